The number of fused-ring (bicyclic) bond motifs is 1. The number of carbonyl (C=O) groups is 1. The van der Waals surface area contributed by atoms with Crippen molar-refractivity contribution in [1.29, 1.82) is 0 Å². The molecule has 15 heavy (non-hydrogen) atoms. The van der Waals surface area contributed by atoms with Crippen LogP contribution in [0.1, 0.15) is 28.5 Å². The molecule has 0 aromatic carbocycles. The van der Waals surface area contributed by atoms with Crippen molar-refractivity contribution in [1.82, 2.24) is 4.98 Å². The lowest BCUT2D eigenvalue weighted by atomic mass is 10.0. The van der Waals surface area contributed by atoms with Crippen molar-refractivity contribution < 1.29 is 14.3 Å². The van der Waals surface area contributed by atoms with Crippen LogP contribution in [0, 0.1) is 0 Å². The van der Waals surface area contributed by atoms with Crippen LogP contribution in [0.3, 0.4) is 0 Å². The minimum Gasteiger partial charge on any atom is -0.480 e. The fourth-order valence-corrected chi connectivity index (χ4v) is 1.67. The first-order valence-corrected chi connectivity index (χ1v) is 4.88. The third-order valence-electron chi connectivity index (χ3n) is 2.48. The molecule has 0 radical (unpaired) electrons. The molecule has 0 bridgehead atoms. The van der Waals surface area contributed by atoms with Gasteiger partial charge in [0.25, 0.3) is 0 Å². The van der Waals surface area contributed by atoms with Gasteiger partial charge in [0.05, 0.1) is 31.6 Å². The minimum absolute atomic E-state index is 0.0198. The Hall–Kier alpha value is -1.42. The number of rotatable bonds is 2. The number of aromatic nitrogens is 1. The van der Waals surface area contributed by atoms with Crippen molar-refractivity contribution in [3.8, 4) is 5.88 Å². The van der Waals surface area contributed by atoms with E-state index in [0.29, 0.717) is 24.7 Å². The molecule has 0 spiro atoms. The molecular formula is C11H13NO3. The SMILES string of the molecule is COc1nc2c(cc1C(C)=O)CCOC2. The first kappa shape index (κ1) is 10.1. The summed E-state index contributed by atoms with van der Waals surface area (Å²) in [4.78, 5) is 15.6. The summed E-state index contributed by atoms with van der Waals surface area (Å²) in [7, 11) is 1.52. The molecule has 0 aliphatic carbocycles. The standard InChI is InChI=1S/C11H13NO3/c1-7(13)9-5-8-3-4-15-6-10(8)12-11(9)14-2/h5H,3-4,6H2,1-2H3. The highest BCUT2D eigenvalue weighted by atomic mass is 16.5. The number of methoxy groups -OCH3 is 1. The van der Waals surface area contributed by atoms with Gasteiger partial charge in [-0.2, -0.15) is 0 Å². The summed E-state index contributed by atoms with van der Waals surface area (Å²) < 4.78 is 10.4. The van der Waals surface area contributed by atoms with E-state index in [1.54, 1.807) is 0 Å². The molecule has 0 N–H and O–H groups in total. The van der Waals surface area contributed by atoms with Crippen molar-refractivity contribution in [2.45, 2.75) is 20.0 Å². The number of pyridine rings is 1. The summed E-state index contributed by atoms with van der Waals surface area (Å²) >= 11 is 0. The summed E-state index contributed by atoms with van der Waals surface area (Å²) in [5.74, 6) is 0.375. The van der Waals surface area contributed by atoms with E-state index in [2.05, 4.69) is 4.98 Å². The number of Topliss-reactive ketones (excluding diaryl/α,β-unsaturated/α-hetero) is 1. The van der Waals surface area contributed by atoms with E-state index in [-0.39, 0.29) is 5.78 Å². The third-order valence-corrected chi connectivity index (χ3v) is 2.48. The second-order valence-corrected chi connectivity index (χ2v) is 3.51. The molecule has 1 aliphatic heterocycles. The van der Waals surface area contributed by atoms with E-state index in [4.69, 9.17) is 9.47 Å². The van der Waals surface area contributed by atoms with Gasteiger partial charge in [-0.05, 0) is 25.0 Å². The van der Waals surface area contributed by atoms with Gasteiger partial charge in [-0.25, -0.2) is 4.98 Å². The summed E-state index contributed by atoms with van der Waals surface area (Å²) in [6.07, 6.45) is 0.812. The maximum absolute atomic E-state index is 11.4. The monoisotopic (exact) mass is 207 g/mol. The molecule has 0 fully saturated rings. The number of carbonyl (C=O) groups excluding carboxylic acids is 1. The van der Waals surface area contributed by atoms with E-state index < -0.39 is 0 Å². The number of hydrogen-bond donors (Lipinski definition) is 0. The van der Waals surface area contributed by atoms with Crippen molar-refractivity contribution in [2.24, 2.45) is 0 Å². The molecule has 1 aromatic rings. The summed E-state index contributed by atoms with van der Waals surface area (Å²) in [6, 6.07) is 1.87. The molecule has 0 saturated heterocycles. The number of nitrogens with zero attached hydrogens (tertiary/aromatic N) is 1. The Kier molecular flexibility index (Phi) is 2.68. The molecule has 0 amide bonds. The third kappa shape index (κ3) is 1.85. The zero-order chi connectivity index (χ0) is 10.8. The molecule has 1 aliphatic rings. The molecule has 80 valence electrons. The highest BCUT2D eigenvalue weighted by Gasteiger charge is 2.17. The molecule has 0 saturated carbocycles. The van der Waals surface area contributed by atoms with Crippen LogP contribution in [0.5, 0.6) is 5.88 Å². The van der Waals surface area contributed by atoms with Gasteiger partial charge in [0, 0.05) is 0 Å². The Morgan fingerprint density at radius 3 is 3.07 bits per heavy atom. The second kappa shape index (κ2) is 3.98. The normalized spacial score (nSPS) is 14.5. The molecule has 4 nitrogen and oxygen atoms in total. The van der Waals surface area contributed by atoms with Gasteiger partial charge in [-0.15, -0.1) is 0 Å². The van der Waals surface area contributed by atoms with Crippen LogP contribution >= 0.6 is 0 Å². The largest absolute Gasteiger partial charge is 0.480 e. The van der Waals surface area contributed by atoms with Gasteiger partial charge in [0.15, 0.2) is 5.78 Å². The summed E-state index contributed by atoms with van der Waals surface area (Å²) in [5, 5.41) is 0. The van der Waals surface area contributed by atoms with Crippen LogP contribution in [0.15, 0.2) is 6.07 Å². The summed E-state index contributed by atoms with van der Waals surface area (Å²) in [5.41, 5.74) is 2.52. The van der Waals surface area contributed by atoms with Crippen LogP contribution in [-0.4, -0.2) is 24.5 Å². The lowest BCUT2D eigenvalue weighted by Gasteiger charge is -2.17. The fourth-order valence-electron chi connectivity index (χ4n) is 1.67. The Labute approximate surface area is 88.2 Å². The molecule has 1 aromatic heterocycles. The molecule has 0 unspecified atom stereocenters. The smallest absolute Gasteiger partial charge is 0.224 e. The minimum atomic E-state index is -0.0198. The van der Waals surface area contributed by atoms with Crippen LogP contribution in [0.2, 0.25) is 0 Å². The van der Waals surface area contributed by atoms with Gasteiger partial charge in [-0.1, -0.05) is 0 Å². The van der Waals surface area contributed by atoms with E-state index in [1.165, 1.54) is 14.0 Å². The Balaban J connectivity index is 2.51. The average Bonchev–Trinajstić information content (AvgIpc) is 2.27. The summed E-state index contributed by atoms with van der Waals surface area (Å²) in [6.45, 7) is 2.72. The van der Waals surface area contributed by atoms with Gasteiger partial charge in [-0.3, -0.25) is 4.79 Å². The average molecular weight is 207 g/mol. The van der Waals surface area contributed by atoms with Crippen LogP contribution in [0.25, 0.3) is 0 Å². The van der Waals surface area contributed by atoms with Crippen LogP contribution in [0.4, 0.5) is 0 Å². The fraction of sp³-hybridized carbons (Fsp3) is 0.455. The maximum Gasteiger partial charge on any atom is 0.224 e. The Morgan fingerprint density at radius 2 is 2.40 bits per heavy atom. The van der Waals surface area contributed by atoms with Crippen molar-refractivity contribution in [2.75, 3.05) is 13.7 Å². The highest BCUT2D eigenvalue weighted by molar-refractivity contribution is 5.96. The van der Waals surface area contributed by atoms with E-state index in [1.807, 2.05) is 6.07 Å². The van der Waals surface area contributed by atoms with Crippen molar-refractivity contribution in [3.63, 3.8) is 0 Å². The number of ketones is 1. The molecular weight excluding hydrogens is 194 g/mol. The lowest BCUT2D eigenvalue weighted by Crippen LogP contribution is -2.14. The highest BCUT2D eigenvalue weighted by Crippen LogP contribution is 2.23. The molecule has 0 atom stereocenters. The Bertz CT molecular complexity index is 401. The van der Waals surface area contributed by atoms with E-state index in [9.17, 15) is 4.79 Å². The zero-order valence-electron chi connectivity index (χ0n) is 8.87. The van der Waals surface area contributed by atoms with Gasteiger partial charge < -0.3 is 9.47 Å². The first-order valence-electron chi connectivity index (χ1n) is 4.88. The first-order chi connectivity index (χ1) is 7.22. The second-order valence-electron chi connectivity index (χ2n) is 3.51. The van der Waals surface area contributed by atoms with Crippen molar-refractivity contribution >= 4 is 5.78 Å². The quantitative estimate of drug-likeness (QED) is 0.687. The maximum atomic E-state index is 11.4. The van der Waals surface area contributed by atoms with Gasteiger partial charge in [0.2, 0.25) is 5.88 Å². The van der Waals surface area contributed by atoms with E-state index in [0.717, 1.165) is 17.7 Å². The van der Waals surface area contributed by atoms with Gasteiger partial charge >= 0.3 is 0 Å². The number of hydrogen-bond acceptors (Lipinski definition) is 4. The molecule has 2 rings (SSSR count). The van der Waals surface area contributed by atoms with Crippen LogP contribution in [-0.2, 0) is 17.8 Å². The van der Waals surface area contributed by atoms with Crippen LogP contribution < -0.4 is 4.74 Å². The predicted octanol–water partition coefficient (Wildman–Crippen LogP) is 1.37. The van der Waals surface area contributed by atoms with Gasteiger partial charge in [0.1, 0.15) is 0 Å². The number of ether oxygens (including phenoxy) is 2. The van der Waals surface area contributed by atoms with Crippen molar-refractivity contribution in [3.05, 3.63) is 22.9 Å². The Morgan fingerprint density at radius 1 is 1.60 bits per heavy atom. The predicted molar refractivity (Wildman–Crippen MR) is 54.2 cm³/mol. The zero-order valence-corrected chi connectivity index (χ0v) is 8.87. The molecule has 4 heteroatoms. The lowest BCUT2D eigenvalue weighted by molar-refractivity contribution is 0.0999. The molecule has 2 heterocycles. The van der Waals surface area contributed by atoms with E-state index >= 15 is 0 Å². The topological polar surface area (TPSA) is 48.4 Å².